The molecule has 0 amide bonds. The molecule has 0 heterocycles. The SMILES string of the molecule is Cc1ccc2c(c1)C(=O)c1ccc(Br)cc1-2. The van der Waals surface area contributed by atoms with Gasteiger partial charge in [0, 0.05) is 15.6 Å². The molecular formula is C14H9BrO. The first-order valence-corrected chi connectivity index (χ1v) is 5.91. The zero-order valence-corrected chi connectivity index (χ0v) is 10.3. The maximum Gasteiger partial charge on any atom is 0.194 e. The van der Waals surface area contributed by atoms with E-state index in [0.717, 1.165) is 32.3 Å². The van der Waals surface area contributed by atoms with Crippen LogP contribution in [-0.4, -0.2) is 5.78 Å². The Bertz CT molecular complexity index is 614. The lowest BCUT2D eigenvalue weighted by Crippen LogP contribution is -1.94. The molecule has 0 fully saturated rings. The minimum atomic E-state index is 0.140. The van der Waals surface area contributed by atoms with E-state index in [9.17, 15) is 4.79 Å². The van der Waals surface area contributed by atoms with Crippen molar-refractivity contribution < 1.29 is 4.79 Å². The van der Waals surface area contributed by atoms with Gasteiger partial charge < -0.3 is 0 Å². The molecular weight excluding hydrogens is 264 g/mol. The summed E-state index contributed by atoms with van der Waals surface area (Å²) in [5, 5.41) is 0. The molecule has 3 rings (SSSR count). The standard InChI is InChI=1S/C14H9BrO/c1-8-2-4-10-12-7-9(15)3-5-11(12)14(16)13(10)6-8/h2-7H,1H3. The van der Waals surface area contributed by atoms with Crippen molar-refractivity contribution in [2.75, 3.05) is 0 Å². The van der Waals surface area contributed by atoms with E-state index < -0.39 is 0 Å². The quantitative estimate of drug-likeness (QED) is 0.605. The fraction of sp³-hybridized carbons (Fsp3) is 0.0714. The average Bonchev–Trinajstić information content (AvgIpc) is 2.52. The first-order chi connectivity index (χ1) is 7.66. The largest absolute Gasteiger partial charge is 0.289 e. The number of benzene rings is 2. The number of rotatable bonds is 0. The van der Waals surface area contributed by atoms with Crippen molar-refractivity contribution in [3.8, 4) is 11.1 Å². The molecule has 0 unspecified atom stereocenters. The predicted octanol–water partition coefficient (Wildman–Crippen LogP) is 3.97. The Labute approximate surface area is 102 Å². The van der Waals surface area contributed by atoms with Crippen molar-refractivity contribution in [3.05, 3.63) is 57.6 Å². The van der Waals surface area contributed by atoms with Crippen LogP contribution in [0.15, 0.2) is 40.9 Å². The smallest absolute Gasteiger partial charge is 0.194 e. The zero-order chi connectivity index (χ0) is 11.3. The van der Waals surface area contributed by atoms with Gasteiger partial charge in [0.05, 0.1) is 0 Å². The second-order valence-electron chi connectivity index (χ2n) is 4.07. The molecule has 0 bridgehead atoms. The molecule has 1 nitrogen and oxygen atoms in total. The van der Waals surface area contributed by atoms with Crippen LogP contribution in [0.2, 0.25) is 0 Å². The molecule has 0 spiro atoms. The van der Waals surface area contributed by atoms with Gasteiger partial charge in [-0.15, -0.1) is 0 Å². The molecule has 0 aliphatic heterocycles. The van der Waals surface area contributed by atoms with Gasteiger partial charge in [0.25, 0.3) is 0 Å². The summed E-state index contributed by atoms with van der Waals surface area (Å²) < 4.78 is 1.01. The van der Waals surface area contributed by atoms with Gasteiger partial charge >= 0.3 is 0 Å². The van der Waals surface area contributed by atoms with E-state index in [4.69, 9.17) is 0 Å². The number of hydrogen-bond acceptors (Lipinski definition) is 1. The van der Waals surface area contributed by atoms with E-state index in [1.165, 1.54) is 0 Å². The molecule has 2 aromatic carbocycles. The highest BCUT2D eigenvalue weighted by Crippen LogP contribution is 2.38. The number of carbonyl (C=O) groups excluding carboxylic acids is 1. The van der Waals surface area contributed by atoms with Gasteiger partial charge in [0.1, 0.15) is 0 Å². The van der Waals surface area contributed by atoms with E-state index in [0.29, 0.717) is 0 Å². The van der Waals surface area contributed by atoms with Gasteiger partial charge in [-0.05, 0) is 42.3 Å². The number of halogens is 1. The van der Waals surface area contributed by atoms with Crippen LogP contribution in [0.4, 0.5) is 0 Å². The van der Waals surface area contributed by atoms with Crippen molar-refractivity contribution in [2.24, 2.45) is 0 Å². The van der Waals surface area contributed by atoms with Crippen LogP contribution in [0, 0.1) is 6.92 Å². The Morgan fingerprint density at radius 3 is 2.44 bits per heavy atom. The lowest BCUT2D eigenvalue weighted by atomic mass is 10.0. The Hall–Kier alpha value is -1.41. The second-order valence-corrected chi connectivity index (χ2v) is 4.98. The fourth-order valence-electron chi connectivity index (χ4n) is 2.16. The number of aryl methyl sites for hydroxylation is 1. The highest BCUT2D eigenvalue weighted by molar-refractivity contribution is 9.10. The highest BCUT2D eigenvalue weighted by atomic mass is 79.9. The molecule has 0 radical (unpaired) electrons. The Morgan fingerprint density at radius 2 is 1.62 bits per heavy atom. The third kappa shape index (κ3) is 1.26. The van der Waals surface area contributed by atoms with Gasteiger partial charge in [0.2, 0.25) is 0 Å². The van der Waals surface area contributed by atoms with E-state index in [2.05, 4.69) is 15.9 Å². The van der Waals surface area contributed by atoms with Gasteiger partial charge in [-0.3, -0.25) is 4.79 Å². The van der Waals surface area contributed by atoms with Crippen LogP contribution in [0.1, 0.15) is 21.5 Å². The van der Waals surface area contributed by atoms with Crippen LogP contribution < -0.4 is 0 Å². The summed E-state index contributed by atoms with van der Waals surface area (Å²) in [6.45, 7) is 2.01. The van der Waals surface area contributed by atoms with E-state index in [-0.39, 0.29) is 5.78 Å². The topological polar surface area (TPSA) is 17.1 Å². The van der Waals surface area contributed by atoms with E-state index in [1.54, 1.807) is 0 Å². The van der Waals surface area contributed by atoms with Crippen LogP contribution in [0.25, 0.3) is 11.1 Å². The molecule has 2 heteroatoms. The molecule has 0 aromatic heterocycles. The molecule has 1 aliphatic carbocycles. The Morgan fingerprint density at radius 1 is 0.875 bits per heavy atom. The summed E-state index contributed by atoms with van der Waals surface area (Å²) in [7, 11) is 0. The molecule has 0 atom stereocenters. The van der Waals surface area contributed by atoms with Crippen molar-refractivity contribution >= 4 is 21.7 Å². The Kier molecular flexibility index (Phi) is 2.01. The first kappa shape index (κ1) is 9.79. The molecule has 78 valence electrons. The molecule has 2 aromatic rings. The van der Waals surface area contributed by atoms with Crippen LogP contribution >= 0.6 is 15.9 Å². The second kappa shape index (κ2) is 3.29. The summed E-state index contributed by atoms with van der Waals surface area (Å²) in [4.78, 5) is 12.1. The molecule has 0 saturated carbocycles. The van der Waals surface area contributed by atoms with Crippen molar-refractivity contribution in [1.82, 2.24) is 0 Å². The number of ketones is 1. The number of carbonyl (C=O) groups is 1. The van der Waals surface area contributed by atoms with Crippen molar-refractivity contribution in [2.45, 2.75) is 6.92 Å². The van der Waals surface area contributed by atoms with Gasteiger partial charge in [-0.25, -0.2) is 0 Å². The summed E-state index contributed by atoms with van der Waals surface area (Å²) >= 11 is 3.44. The van der Waals surface area contributed by atoms with E-state index in [1.807, 2.05) is 43.3 Å². The minimum absolute atomic E-state index is 0.140. The molecule has 0 N–H and O–H groups in total. The minimum Gasteiger partial charge on any atom is -0.289 e. The molecule has 16 heavy (non-hydrogen) atoms. The number of hydrogen-bond donors (Lipinski definition) is 0. The summed E-state index contributed by atoms with van der Waals surface area (Å²) in [6, 6.07) is 11.8. The van der Waals surface area contributed by atoms with E-state index >= 15 is 0 Å². The van der Waals surface area contributed by atoms with Crippen LogP contribution in [-0.2, 0) is 0 Å². The highest BCUT2D eigenvalue weighted by Gasteiger charge is 2.26. The fourth-order valence-corrected chi connectivity index (χ4v) is 2.52. The Balaban J connectivity index is 2.36. The van der Waals surface area contributed by atoms with Gasteiger partial charge in [-0.2, -0.15) is 0 Å². The third-order valence-electron chi connectivity index (χ3n) is 2.94. The molecule has 0 saturated heterocycles. The predicted molar refractivity (Wildman–Crippen MR) is 67.7 cm³/mol. The maximum atomic E-state index is 12.1. The summed E-state index contributed by atoms with van der Waals surface area (Å²) in [5.74, 6) is 0.140. The lowest BCUT2D eigenvalue weighted by Gasteiger charge is -2.00. The maximum absolute atomic E-state index is 12.1. The summed E-state index contributed by atoms with van der Waals surface area (Å²) in [5.41, 5.74) is 4.84. The third-order valence-corrected chi connectivity index (χ3v) is 3.43. The number of fused-ring (bicyclic) bond motifs is 3. The van der Waals surface area contributed by atoms with Crippen molar-refractivity contribution in [3.63, 3.8) is 0 Å². The van der Waals surface area contributed by atoms with Crippen LogP contribution in [0.5, 0.6) is 0 Å². The molecule has 1 aliphatic rings. The average molecular weight is 273 g/mol. The monoisotopic (exact) mass is 272 g/mol. The first-order valence-electron chi connectivity index (χ1n) is 5.12. The van der Waals surface area contributed by atoms with Gasteiger partial charge in [0.15, 0.2) is 5.78 Å². The summed E-state index contributed by atoms with van der Waals surface area (Å²) in [6.07, 6.45) is 0. The zero-order valence-electron chi connectivity index (χ0n) is 8.75. The van der Waals surface area contributed by atoms with Crippen LogP contribution in [0.3, 0.4) is 0 Å². The lowest BCUT2D eigenvalue weighted by molar-refractivity contribution is 0.104. The normalized spacial score (nSPS) is 12.5. The van der Waals surface area contributed by atoms with Crippen molar-refractivity contribution in [1.29, 1.82) is 0 Å². The van der Waals surface area contributed by atoms with Gasteiger partial charge in [-0.1, -0.05) is 33.6 Å².